The van der Waals surface area contributed by atoms with Gasteiger partial charge in [0.15, 0.2) is 0 Å². The van der Waals surface area contributed by atoms with Crippen molar-refractivity contribution in [3.8, 4) is 0 Å². The van der Waals surface area contributed by atoms with E-state index in [0.717, 1.165) is 12.0 Å². The summed E-state index contributed by atoms with van der Waals surface area (Å²) in [5.41, 5.74) is -0.821. The molecule has 0 bridgehead atoms. The molecule has 0 aliphatic carbocycles. The van der Waals surface area contributed by atoms with Crippen LogP contribution in [0.5, 0.6) is 0 Å². The summed E-state index contributed by atoms with van der Waals surface area (Å²) in [6.45, 7) is 3.77. The molecule has 0 amide bonds. The van der Waals surface area contributed by atoms with E-state index < -0.39 is 15.3 Å². The largest absolute Gasteiger partial charge is 0.230 e. The van der Waals surface area contributed by atoms with Crippen LogP contribution in [0.2, 0.25) is 0 Å². The van der Waals surface area contributed by atoms with Gasteiger partial charge >= 0.3 is 0 Å². The SMILES string of the molecule is CCCCC(F)S(=O)(=O)c1ccc(C)cc1. The van der Waals surface area contributed by atoms with Gasteiger partial charge in [-0.3, -0.25) is 0 Å². The molecule has 1 aromatic carbocycles. The fourth-order valence-electron chi connectivity index (χ4n) is 1.40. The highest BCUT2D eigenvalue weighted by molar-refractivity contribution is 7.91. The van der Waals surface area contributed by atoms with Gasteiger partial charge in [-0.15, -0.1) is 0 Å². The highest BCUT2D eigenvalue weighted by Gasteiger charge is 2.26. The molecular formula is C12H17FO2S. The van der Waals surface area contributed by atoms with E-state index >= 15 is 0 Å². The third kappa shape index (κ3) is 3.04. The van der Waals surface area contributed by atoms with Gasteiger partial charge < -0.3 is 0 Å². The third-order valence-electron chi connectivity index (χ3n) is 2.47. The van der Waals surface area contributed by atoms with Crippen molar-refractivity contribution in [1.82, 2.24) is 0 Å². The molecule has 0 aliphatic rings. The second-order valence-corrected chi connectivity index (χ2v) is 5.98. The lowest BCUT2D eigenvalue weighted by Gasteiger charge is -2.09. The van der Waals surface area contributed by atoms with Crippen LogP contribution in [0.1, 0.15) is 31.7 Å². The highest BCUT2D eigenvalue weighted by Crippen LogP contribution is 2.21. The average Bonchev–Trinajstić information content (AvgIpc) is 2.26. The van der Waals surface area contributed by atoms with Gasteiger partial charge in [0.25, 0.3) is 0 Å². The maximum Gasteiger partial charge on any atom is 0.210 e. The van der Waals surface area contributed by atoms with E-state index in [2.05, 4.69) is 0 Å². The maximum atomic E-state index is 13.6. The minimum absolute atomic E-state index is 0.0710. The van der Waals surface area contributed by atoms with E-state index in [4.69, 9.17) is 0 Å². The van der Waals surface area contributed by atoms with Gasteiger partial charge in [0.1, 0.15) is 0 Å². The average molecular weight is 244 g/mol. The molecule has 0 saturated carbocycles. The van der Waals surface area contributed by atoms with E-state index in [-0.39, 0.29) is 11.3 Å². The van der Waals surface area contributed by atoms with Crippen LogP contribution in [0.15, 0.2) is 29.2 Å². The molecule has 0 N–H and O–H groups in total. The molecule has 0 saturated heterocycles. The van der Waals surface area contributed by atoms with Crippen molar-refractivity contribution in [3.05, 3.63) is 29.8 Å². The van der Waals surface area contributed by atoms with Crippen LogP contribution in [0, 0.1) is 6.92 Å². The first-order valence-electron chi connectivity index (χ1n) is 5.43. The molecule has 0 radical (unpaired) electrons. The predicted molar refractivity (Wildman–Crippen MR) is 62.8 cm³/mol. The van der Waals surface area contributed by atoms with Gasteiger partial charge in [-0.2, -0.15) is 0 Å². The fraction of sp³-hybridized carbons (Fsp3) is 0.500. The van der Waals surface area contributed by atoms with Crippen molar-refractivity contribution < 1.29 is 12.8 Å². The molecule has 2 nitrogen and oxygen atoms in total. The standard InChI is InChI=1S/C12H17FO2S/c1-3-4-5-12(13)16(14,15)11-8-6-10(2)7-9-11/h6-9,12H,3-5H2,1-2H3. The van der Waals surface area contributed by atoms with Crippen molar-refractivity contribution in [2.24, 2.45) is 0 Å². The first kappa shape index (κ1) is 13.2. The highest BCUT2D eigenvalue weighted by atomic mass is 32.2. The van der Waals surface area contributed by atoms with Crippen molar-refractivity contribution in [3.63, 3.8) is 0 Å². The Morgan fingerprint density at radius 2 is 1.81 bits per heavy atom. The number of unbranched alkanes of at least 4 members (excludes halogenated alkanes) is 1. The van der Waals surface area contributed by atoms with E-state index in [0.29, 0.717) is 6.42 Å². The van der Waals surface area contributed by atoms with Crippen LogP contribution < -0.4 is 0 Å². The molecule has 1 aromatic rings. The van der Waals surface area contributed by atoms with Gasteiger partial charge in [0.05, 0.1) is 4.90 Å². The van der Waals surface area contributed by atoms with Crippen molar-refractivity contribution >= 4 is 9.84 Å². The van der Waals surface area contributed by atoms with Crippen molar-refractivity contribution in [1.29, 1.82) is 0 Å². The monoisotopic (exact) mass is 244 g/mol. The lowest BCUT2D eigenvalue weighted by molar-refractivity contribution is 0.390. The number of alkyl halides is 1. The Morgan fingerprint density at radius 1 is 1.25 bits per heavy atom. The number of benzene rings is 1. The lowest BCUT2D eigenvalue weighted by Crippen LogP contribution is -2.16. The number of hydrogen-bond donors (Lipinski definition) is 0. The molecule has 16 heavy (non-hydrogen) atoms. The molecule has 0 spiro atoms. The first-order chi connectivity index (χ1) is 7.48. The summed E-state index contributed by atoms with van der Waals surface area (Å²) in [6.07, 6.45) is 1.46. The molecule has 1 unspecified atom stereocenters. The first-order valence-corrected chi connectivity index (χ1v) is 6.97. The molecule has 0 aliphatic heterocycles. The molecule has 0 fully saturated rings. The summed E-state index contributed by atoms with van der Waals surface area (Å²) >= 11 is 0. The van der Waals surface area contributed by atoms with Gasteiger partial charge in [-0.1, -0.05) is 31.0 Å². The zero-order valence-electron chi connectivity index (χ0n) is 9.61. The summed E-state index contributed by atoms with van der Waals surface area (Å²) in [5, 5.41) is 0. The Morgan fingerprint density at radius 3 is 2.31 bits per heavy atom. The summed E-state index contributed by atoms with van der Waals surface area (Å²) < 4.78 is 37.1. The van der Waals surface area contributed by atoms with Gasteiger partial charge in [-0.05, 0) is 31.9 Å². The molecule has 4 heteroatoms. The van der Waals surface area contributed by atoms with Crippen LogP contribution in [-0.2, 0) is 9.84 Å². The summed E-state index contributed by atoms with van der Waals surface area (Å²) in [4.78, 5) is 0.0710. The van der Waals surface area contributed by atoms with Crippen LogP contribution in [0.3, 0.4) is 0 Å². The lowest BCUT2D eigenvalue weighted by atomic mass is 10.2. The van der Waals surface area contributed by atoms with Gasteiger partial charge in [-0.25, -0.2) is 12.8 Å². The predicted octanol–water partition coefficient (Wildman–Crippen LogP) is 3.25. The van der Waals surface area contributed by atoms with E-state index in [1.807, 2.05) is 13.8 Å². The quantitative estimate of drug-likeness (QED) is 0.796. The van der Waals surface area contributed by atoms with Crippen LogP contribution in [-0.4, -0.2) is 13.9 Å². The molecule has 1 atom stereocenters. The maximum absolute atomic E-state index is 13.6. The number of halogens is 1. The number of sulfone groups is 1. The van der Waals surface area contributed by atoms with E-state index in [1.165, 1.54) is 12.1 Å². The summed E-state index contributed by atoms with van der Waals surface area (Å²) in [6, 6.07) is 6.28. The topological polar surface area (TPSA) is 34.1 Å². The molecule has 0 aromatic heterocycles. The van der Waals surface area contributed by atoms with Crippen LogP contribution in [0.25, 0.3) is 0 Å². The Bertz CT molecular complexity index is 423. The Kier molecular flexibility index (Phi) is 4.47. The minimum atomic E-state index is -3.79. The fourth-order valence-corrected chi connectivity index (χ4v) is 2.68. The van der Waals surface area contributed by atoms with E-state index in [9.17, 15) is 12.8 Å². The second kappa shape index (κ2) is 5.43. The Balaban J connectivity index is 2.89. The zero-order chi connectivity index (χ0) is 12.2. The van der Waals surface area contributed by atoms with Crippen molar-refractivity contribution in [2.75, 3.05) is 0 Å². The van der Waals surface area contributed by atoms with Gasteiger partial charge in [0.2, 0.25) is 15.3 Å². The van der Waals surface area contributed by atoms with Crippen LogP contribution in [0.4, 0.5) is 4.39 Å². The van der Waals surface area contributed by atoms with Crippen molar-refractivity contribution in [2.45, 2.75) is 43.5 Å². The summed E-state index contributed by atoms with van der Waals surface area (Å²) in [5.74, 6) is 0. The molecular weight excluding hydrogens is 227 g/mol. The van der Waals surface area contributed by atoms with Gasteiger partial charge in [0, 0.05) is 0 Å². The molecule has 1 rings (SSSR count). The minimum Gasteiger partial charge on any atom is -0.230 e. The normalized spacial score (nSPS) is 13.7. The van der Waals surface area contributed by atoms with E-state index in [1.54, 1.807) is 12.1 Å². The third-order valence-corrected chi connectivity index (χ3v) is 4.31. The Hall–Kier alpha value is -0.900. The summed E-state index contributed by atoms with van der Waals surface area (Å²) in [7, 11) is -3.79. The molecule has 0 heterocycles. The number of aryl methyl sites for hydroxylation is 1. The second-order valence-electron chi connectivity index (χ2n) is 3.91. The Labute approximate surface area is 96.4 Å². The number of rotatable bonds is 5. The zero-order valence-corrected chi connectivity index (χ0v) is 10.4. The van der Waals surface area contributed by atoms with Crippen LogP contribution >= 0.6 is 0 Å². The smallest absolute Gasteiger partial charge is 0.210 e. The number of hydrogen-bond acceptors (Lipinski definition) is 2. The molecule has 90 valence electrons.